The van der Waals surface area contributed by atoms with Crippen molar-refractivity contribution in [3.63, 3.8) is 0 Å². The highest BCUT2D eigenvalue weighted by atomic mass is 16.7. The second kappa shape index (κ2) is 5.53. The number of benzene rings is 2. The van der Waals surface area contributed by atoms with Gasteiger partial charge in [-0.15, -0.1) is 0 Å². The second-order valence-corrected chi connectivity index (χ2v) is 4.99. The van der Waals surface area contributed by atoms with E-state index in [1.54, 1.807) is 24.3 Å². The molecule has 0 radical (unpaired) electrons. The van der Waals surface area contributed by atoms with Gasteiger partial charge in [0, 0.05) is 17.2 Å². The van der Waals surface area contributed by atoms with Crippen LogP contribution in [0.2, 0.25) is 0 Å². The van der Waals surface area contributed by atoms with Gasteiger partial charge in [0.1, 0.15) is 0 Å². The van der Waals surface area contributed by atoms with Gasteiger partial charge in [-0.3, -0.25) is 20.3 Å². The average Bonchev–Trinajstić information content (AvgIpc) is 3.00. The van der Waals surface area contributed by atoms with Crippen LogP contribution in [0.5, 0.6) is 11.5 Å². The third-order valence-electron chi connectivity index (χ3n) is 3.54. The Morgan fingerprint density at radius 1 is 1.13 bits per heavy atom. The van der Waals surface area contributed by atoms with Gasteiger partial charge in [-0.25, -0.2) is 0 Å². The van der Waals surface area contributed by atoms with E-state index in [-0.39, 0.29) is 29.5 Å². The Hall–Kier alpha value is -3.22. The van der Waals surface area contributed by atoms with Crippen molar-refractivity contribution in [1.82, 2.24) is 0 Å². The Morgan fingerprint density at radius 2 is 1.70 bits per heavy atom. The summed E-state index contributed by atoms with van der Waals surface area (Å²) in [6.45, 7) is 1.44. The summed E-state index contributed by atoms with van der Waals surface area (Å²) in [5, 5.41) is 19.5. The summed E-state index contributed by atoms with van der Waals surface area (Å²) in [6.07, 6.45) is 0. The molecule has 7 heteroatoms. The van der Waals surface area contributed by atoms with E-state index in [9.17, 15) is 14.9 Å². The number of hydrogen-bond acceptors (Lipinski definition) is 6. The first kappa shape index (κ1) is 14.7. The molecule has 0 unspecified atom stereocenters. The highest BCUT2D eigenvalue weighted by molar-refractivity contribution is 6.14. The lowest BCUT2D eigenvalue weighted by molar-refractivity contribution is -0.385. The number of hydrogen-bond donors (Lipinski definition) is 1. The van der Waals surface area contributed by atoms with Gasteiger partial charge < -0.3 is 9.47 Å². The molecule has 1 aliphatic rings. The van der Waals surface area contributed by atoms with E-state index in [4.69, 9.17) is 14.9 Å². The Kier molecular flexibility index (Phi) is 3.53. The first-order chi connectivity index (χ1) is 11.0. The number of fused-ring (bicyclic) bond motifs is 1. The molecule has 2 aromatic rings. The lowest BCUT2D eigenvalue weighted by Crippen LogP contribution is -2.06. The maximum Gasteiger partial charge on any atom is 0.282 e. The number of nitrogens with one attached hydrogen (secondary N) is 1. The summed E-state index contributed by atoms with van der Waals surface area (Å²) in [6, 6.07) is 9.05. The number of carbonyl (C=O) groups excluding carboxylic acids is 1. The van der Waals surface area contributed by atoms with E-state index < -0.39 is 4.92 Å². The Labute approximate surface area is 131 Å². The summed E-state index contributed by atoms with van der Waals surface area (Å²) in [5.74, 6) is 0.577. The van der Waals surface area contributed by atoms with Gasteiger partial charge in [-0.1, -0.05) is 24.3 Å². The highest BCUT2D eigenvalue weighted by Crippen LogP contribution is 2.38. The number of ketones is 1. The molecule has 3 rings (SSSR count). The molecule has 116 valence electrons. The van der Waals surface area contributed by atoms with Gasteiger partial charge in [-0.2, -0.15) is 0 Å². The number of rotatable bonds is 4. The molecule has 23 heavy (non-hydrogen) atoms. The third-order valence-corrected chi connectivity index (χ3v) is 3.54. The van der Waals surface area contributed by atoms with Crippen molar-refractivity contribution in [3.8, 4) is 11.5 Å². The van der Waals surface area contributed by atoms with Gasteiger partial charge in [0.25, 0.3) is 5.69 Å². The topological polar surface area (TPSA) is 103 Å². The summed E-state index contributed by atoms with van der Waals surface area (Å²) in [5.41, 5.74) is 0.869. The zero-order valence-corrected chi connectivity index (χ0v) is 12.2. The minimum Gasteiger partial charge on any atom is -0.454 e. The van der Waals surface area contributed by atoms with Crippen LogP contribution in [0.25, 0.3) is 0 Å². The van der Waals surface area contributed by atoms with Gasteiger partial charge in [0.2, 0.25) is 6.79 Å². The molecule has 0 bridgehead atoms. The van der Waals surface area contributed by atoms with Gasteiger partial charge in [0.05, 0.1) is 22.3 Å². The molecule has 0 atom stereocenters. The highest BCUT2D eigenvalue weighted by Gasteiger charge is 2.26. The summed E-state index contributed by atoms with van der Waals surface area (Å²) < 4.78 is 10.4. The third kappa shape index (κ3) is 2.64. The molecule has 0 spiro atoms. The van der Waals surface area contributed by atoms with Crippen LogP contribution in [0.3, 0.4) is 0 Å². The zero-order chi connectivity index (χ0) is 16.6. The molecule has 0 aliphatic carbocycles. The largest absolute Gasteiger partial charge is 0.454 e. The molecule has 2 aromatic carbocycles. The van der Waals surface area contributed by atoms with Crippen molar-refractivity contribution in [1.29, 1.82) is 5.41 Å². The van der Waals surface area contributed by atoms with Crippen molar-refractivity contribution >= 4 is 17.2 Å². The molecular formula is C16H12N2O5. The molecule has 0 amide bonds. The van der Waals surface area contributed by atoms with Crippen LogP contribution in [0.4, 0.5) is 5.69 Å². The van der Waals surface area contributed by atoms with Crippen LogP contribution >= 0.6 is 0 Å². The monoisotopic (exact) mass is 312 g/mol. The maximum atomic E-state index is 11.3. The number of nitro benzene ring substituents is 1. The predicted octanol–water partition coefficient (Wildman–Crippen LogP) is 2.94. The van der Waals surface area contributed by atoms with Crippen LogP contribution in [-0.2, 0) is 0 Å². The molecule has 7 nitrogen and oxygen atoms in total. The van der Waals surface area contributed by atoms with Crippen molar-refractivity contribution in [2.75, 3.05) is 6.79 Å². The summed E-state index contributed by atoms with van der Waals surface area (Å²) >= 11 is 0. The number of ether oxygens (including phenoxy) is 2. The summed E-state index contributed by atoms with van der Waals surface area (Å²) in [4.78, 5) is 22.0. The Morgan fingerprint density at radius 3 is 2.26 bits per heavy atom. The first-order valence-electron chi connectivity index (χ1n) is 6.75. The maximum absolute atomic E-state index is 11.3. The van der Waals surface area contributed by atoms with Gasteiger partial charge in [-0.05, 0) is 6.92 Å². The number of Topliss-reactive ketones (excluding diaryl/α,β-unsaturated/α-hetero) is 1. The van der Waals surface area contributed by atoms with Crippen molar-refractivity contribution in [3.05, 3.63) is 63.2 Å². The molecule has 0 aromatic heterocycles. The minimum atomic E-state index is -0.560. The predicted molar refractivity (Wildman–Crippen MR) is 81.6 cm³/mol. The van der Waals surface area contributed by atoms with E-state index >= 15 is 0 Å². The number of nitro groups is 1. The van der Waals surface area contributed by atoms with Crippen molar-refractivity contribution < 1.29 is 19.2 Å². The molecular weight excluding hydrogens is 300 g/mol. The van der Waals surface area contributed by atoms with E-state index in [2.05, 4.69) is 0 Å². The molecule has 0 saturated heterocycles. The molecule has 1 heterocycles. The van der Waals surface area contributed by atoms with E-state index in [1.807, 2.05) is 0 Å². The fourth-order valence-electron chi connectivity index (χ4n) is 2.31. The first-order valence-corrected chi connectivity index (χ1v) is 6.75. The van der Waals surface area contributed by atoms with Crippen LogP contribution < -0.4 is 9.47 Å². The van der Waals surface area contributed by atoms with Crippen LogP contribution in [0, 0.1) is 15.5 Å². The van der Waals surface area contributed by atoms with E-state index in [0.29, 0.717) is 22.6 Å². The zero-order valence-electron chi connectivity index (χ0n) is 12.2. The fourth-order valence-corrected chi connectivity index (χ4v) is 2.31. The van der Waals surface area contributed by atoms with Crippen molar-refractivity contribution in [2.24, 2.45) is 0 Å². The smallest absolute Gasteiger partial charge is 0.282 e. The van der Waals surface area contributed by atoms with E-state index in [0.717, 1.165) is 0 Å². The number of nitrogens with zero attached hydrogens (tertiary/aromatic N) is 1. The van der Waals surface area contributed by atoms with E-state index in [1.165, 1.54) is 19.1 Å². The Balaban J connectivity index is 2.05. The van der Waals surface area contributed by atoms with Crippen molar-refractivity contribution in [2.45, 2.75) is 6.92 Å². The standard InChI is InChI=1S/C16H12N2O5/c1-9(19)10-2-4-11(5-3-10)16(17)12-6-14-15(23-8-22-14)7-13(12)18(20)21/h2-7,17H,8H2,1H3. The lowest BCUT2D eigenvalue weighted by Gasteiger charge is -2.07. The fraction of sp³-hybridized carbons (Fsp3) is 0.125. The lowest BCUT2D eigenvalue weighted by atomic mass is 9.98. The molecule has 1 aliphatic heterocycles. The van der Waals surface area contributed by atoms with Gasteiger partial charge in [0.15, 0.2) is 17.3 Å². The minimum absolute atomic E-state index is 0.00339. The second-order valence-electron chi connectivity index (χ2n) is 4.99. The van der Waals surface area contributed by atoms with Crippen LogP contribution in [0.15, 0.2) is 36.4 Å². The van der Waals surface area contributed by atoms with Gasteiger partial charge >= 0.3 is 0 Å². The summed E-state index contributed by atoms with van der Waals surface area (Å²) in [7, 11) is 0. The average molecular weight is 312 g/mol. The normalized spacial score (nSPS) is 12.0. The Bertz CT molecular complexity index is 827. The van der Waals surface area contributed by atoms with Crippen LogP contribution in [0.1, 0.15) is 28.4 Å². The van der Waals surface area contributed by atoms with Crippen LogP contribution in [-0.4, -0.2) is 23.2 Å². The molecule has 0 fully saturated rings. The molecule has 0 saturated carbocycles. The SMILES string of the molecule is CC(=O)c1ccc(C(=N)c2cc3c(cc2[N+](=O)[O-])OCO3)cc1. The molecule has 1 N–H and O–H groups in total. The quantitative estimate of drug-likeness (QED) is 0.404. The number of carbonyl (C=O) groups is 1.